The van der Waals surface area contributed by atoms with Crippen molar-refractivity contribution in [2.45, 2.75) is 24.8 Å². The van der Waals surface area contributed by atoms with Crippen molar-refractivity contribution in [3.8, 4) is 0 Å². The maximum atomic E-state index is 14.1. The molecule has 1 heterocycles. The van der Waals surface area contributed by atoms with Gasteiger partial charge < -0.3 is 9.73 Å². The first kappa shape index (κ1) is 19.8. The number of carbonyl (C=O) groups is 1. The largest absolute Gasteiger partial charge is 0.468 e. The number of anilines is 1. The van der Waals surface area contributed by atoms with Gasteiger partial charge in [0, 0.05) is 5.69 Å². The van der Waals surface area contributed by atoms with E-state index in [9.17, 15) is 17.6 Å². The molecular weight excluding hydrogens is 383 g/mol. The molecule has 0 aliphatic heterocycles. The third-order valence-electron chi connectivity index (χ3n) is 4.13. The molecule has 3 rings (SSSR count). The summed E-state index contributed by atoms with van der Waals surface area (Å²) in [6, 6.07) is 13.4. The Bertz CT molecular complexity index is 1060. The zero-order valence-corrected chi connectivity index (χ0v) is 15.9. The number of benzene rings is 2. The Morgan fingerprint density at radius 2 is 1.86 bits per heavy atom. The fraction of sp³-hybridized carbons (Fsp3) is 0.150. The number of hydrogen-bond donors (Lipinski definition) is 2. The average Bonchev–Trinajstić information content (AvgIpc) is 3.21. The maximum Gasteiger partial charge on any atom is 0.258 e. The molecule has 0 bridgehead atoms. The molecule has 0 saturated heterocycles. The number of hydrogen-bond acceptors (Lipinski definition) is 4. The summed E-state index contributed by atoms with van der Waals surface area (Å²) in [5.41, 5.74) is 1.23. The molecule has 0 aliphatic rings. The van der Waals surface area contributed by atoms with E-state index in [0.717, 1.165) is 30.2 Å². The Morgan fingerprint density at radius 1 is 1.11 bits per heavy atom. The van der Waals surface area contributed by atoms with Gasteiger partial charge in [-0.05, 0) is 54.4 Å². The third-order valence-corrected chi connectivity index (χ3v) is 5.53. The zero-order valence-electron chi connectivity index (χ0n) is 15.1. The van der Waals surface area contributed by atoms with Gasteiger partial charge in [0.25, 0.3) is 5.91 Å². The Hall–Kier alpha value is -2.97. The summed E-state index contributed by atoms with van der Waals surface area (Å²) in [4.78, 5) is 12.2. The molecule has 2 aromatic carbocycles. The van der Waals surface area contributed by atoms with E-state index in [4.69, 9.17) is 4.42 Å². The highest BCUT2D eigenvalue weighted by Gasteiger charge is 2.20. The molecule has 28 heavy (non-hydrogen) atoms. The van der Waals surface area contributed by atoms with Crippen LogP contribution in [0.4, 0.5) is 10.1 Å². The smallest absolute Gasteiger partial charge is 0.258 e. The van der Waals surface area contributed by atoms with E-state index in [-0.39, 0.29) is 17.0 Å². The topological polar surface area (TPSA) is 88.4 Å². The van der Waals surface area contributed by atoms with Crippen molar-refractivity contribution in [2.75, 3.05) is 5.32 Å². The summed E-state index contributed by atoms with van der Waals surface area (Å²) in [6.07, 6.45) is 2.28. The van der Waals surface area contributed by atoms with Crippen LogP contribution in [0.1, 0.15) is 28.6 Å². The minimum atomic E-state index is -3.95. The van der Waals surface area contributed by atoms with E-state index in [1.165, 1.54) is 6.26 Å². The lowest BCUT2D eigenvalue weighted by Crippen LogP contribution is -2.24. The van der Waals surface area contributed by atoms with E-state index < -0.39 is 21.7 Å². The second-order valence-electron chi connectivity index (χ2n) is 6.05. The minimum Gasteiger partial charge on any atom is -0.468 e. The van der Waals surface area contributed by atoms with E-state index in [2.05, 4.69) is 10.0 Å². The van der Waals surface area contributed by atoms with Gasteiger partial charge in [-0.2, -0.15) is 0 Å². The predicted molar refractivity (Wildman–Crippen MR) is 103 cm³/mol. The zero-order chi connectivity index (χ0) is 20.1. The Morgan fingerprint density at radius 3 is 2.50 bits per heavy atom. The normalized spacial score (nSPS) is 11.4. The maximum absolute atomic E-state index is 14.1. The van der Waals surface area contributed by atoms with E-state index in [1.807, 2.05) is 19.1 Å². The van der Waals surface area contributed by atoms with Crippen LogP contribution in [0.3, 0.4) is 0 Å². The first-order chi connectivity index (χ1) is 13.4. The molecule has 1 amide bonds. The van der Waals surface area contributed by atoms with E-state index in [0.29, 0.717) is 11.4 Å². The number of sulfonamides is 1. The van der Waals surface area contributed by atoms with Crippen molar-refractivity contribution in [3.63, 3.8) is 0 Å². The first-order valence-corrected chi connectivity index (χ1v) is 10.1. The summed E-state index contributed by atoms with van der Waals surface area (Å²) < 4.78 is 46.4. The van der Waals surface area contributed by atoms with Crippen LogP contribution in [0.5, 0.6) is 0 Å². The lowest BCUT2D eigenvalue weighted by atomic mass is 10.1. The number of furan rings is 1. The van der Waals surface area contributed by atoms with Gasteiger partial charge in [0.1, 0.15) is 11.6 Å². The standard InChI is InChI=1S/C20H19FN2O4S/c1-2-14-5-7-15(8-6-14)23-20(24)18-12-17(9-10-19(18)21)28(25,26)22-13-16-4-3-11-27-16/h3-12,22H,2,13H2,1H3,(H,23,24). The quantitative estimate of drug-likeness (QED) is 0.631. The molecule has 0 radical (unpaired) electrons. The minimum absolute atomic E-state index is 0.0575. The van der Waals surface area contributed by atoms with Gasteiger partial charge in [-0.15, -0.1) is 0 Å². The summed E-state index contributed by atoms with van der Waals surface area (Å²) in [5.74, 6) is -1.11. The number of halogens is 1. The molecule has 6 nitrogen and oxygen atoms in total. The fourth-order valence-electron chi connectivity index (χ4n) is 2.53. The Kier molecular flexibility index (Phi) is 5.91. The highest BCUT2D eigenvalue weighted by molar-refractivity contribution is 7.89. The molecule has 8 heteroatoms. The van der Waals surface area contributed by atoms with Crippen molar-refractivity contribution in [1.29, 1.82) is 0 Å². The van der Waals surface area contributed by atoms with Crippen LogP contribution in [0.15, 0.2) is 70.2 Å². The van der Waals surface area contributed by atoms with Crippen molar-refractivity contribution in [2.24, 2.45) is 0 Å². The van der Waals surface area contributed by atoms with Gasteiger partial charge in [-0.25, -0.2) is 17.5 Å². The molecule has 0 unspecified atom stereocenters. The number of carbonyl (C=O) groups excluding carboxylic acids is 1. The number of nitrogens with one attached hydrogen (secondary N) is 2. The number of amides is 1. The molecule has 0 spiro atoms. The van der Waals surface area contributed by atoms with Crippen LogP contribution in [0.2, 0.25) is 0 Å². The van der Waals surface area contributed by atoms with Crippen LogP contribution in [0.25, 0.3) is 0 Å². The summed E-state index contributed by atoms with van der Waals surface area (Å²) in [5, 5.41) is 2.57. The molecule has 0 saturated carbocycles. The molecular formula is C20H19FN2O4S. The first-order valence-electron chi connectivity index (χ1n) is 8.61. The van der Waals surface area contributed by atoms with Crippen LogP contribution >= 0.6 is 0 Å². The average molecular weight is 402 g/mol. The van der Waals surface area contributed by atoms with Gasteiger partial charge in [0.05, 0.1) is 23.3 Å². The molecule has 146 valence electrons. The second-order valence-corrected chi connectivity index (χ2v) is 7.82. The number of rotatable bonds is 7. The highest BCUT2D eigenvalue weighted by atomic mass is 32.2. The molecule has 3 aromatic rings. The van der Waals surface area contributed by atoms with Crippen molar-refractivity contribution < 1.29 is 22.0 Å². The lowest BCUT2D eigenvalue weighted by Gasteiger charge is -2.10. The predicted octanol–water partition coefficient (Wildman–Crippen LogP) is 3.71. The van der Waals surface area contributed by atoms with Crippen LogP contribution in [0, 0.1) is 5.82 Å². The molecule has 0 atom stereocenters. The van der Waals surface area contributed by atoms with Gasteiger partial charge in [-0.3, -0.25) is 4.79 Å². The van der Waals surface area contributed by atoms with Crippen LogP contribution in [-0.4, -0.2) is 14.3 Å². The Balaban J connectivity index is 1.78. The van der Waals surface area contributed by atoms with E-state index >= 15 is 0 Å². The molecule has 0 fully saturated rings. The SMILES string of the molecule is CCc1ccc(NC(=O)c2cc(S(=O)(=O)NCc3ccco3)ccc2F)cc1. The second kappa shape index (κ2) is 8.37. The van der Waals surface area contributed by atoms with Gasteiger partial charge in [-0.1, -0.05) is 19.1 Å². The van der Waals surface area contributed by atoms with Crippen LogP contribution in [-0.2, 0) is 23.0 Å². The van der Waals surface area contributed by atoms with Crippen LogP contribution < -0.4 is 10.0 Å². The van der Waals surface area contributed by atoms with Crippen molar-refractivity contribution in [3.05, 3.63) is 83.6 Å². The molecule has 2 N–H and O–H groups in total. The van der Waals surface area contributed by atoms with Gasteiger partial charge >= 0.3 is 0 Å². The summed E-state index contributed by atoms with van der Waals surface area (Å²) in [7, 11) is -3.95. The Labute approximate surface area is 162 Å². The molecule has 1 aromatic heterocycles. The fourth-order valence-corrected chi connectivity index (χ4v) is 3.55. The molecule has 0 aliphatic carbocycles. The van der Waals surface area contributed by atoms with E-state index in [1.54, 1.807) is 24.3 Å². The monoisotopic (exact) mass is 402 g/mol. The van der Waals surface area contributed by atoms with Crippen molar-refractivity contribution >= 4 is 21.6 Å². The van der Waals surface area contributed by atoms with Gasteiger partial charge in [0.15, 0.2) is 0 Å². The lowest BCUT2D eigenvalue weighted by molar-refractivity contribution is 0.102. The summed E-state index contributed by atoms with van der Waals surface area (Å²) >= 11 is 0. The number of aryl methyl sites for hydroxylation is 1. The van der Waals surface area contributed by atoms with Gasteiger partial charge in [0.2, 0.25) is 10.0 Å². The summed E-state index contributed by atoms with van der Waals surface area (Å²) in [6.45, 7) is 1.95. The van der Waals surface area contributed by atoms with Crippen molar-refractivity contribution in [1.82, 2.24) is 4.72 Å². The highest BCUT2D eigenvalue weighted by Crippen LogP contribution is 2.18. The third kappa shape index (κ3) is 4.65.